The molecular weight excluding hydrogens is 280 g/mol. The standard InChI is InChI=1S/C15H10N6O/c1-10(11-2-6-13(7-3-11)18-20-16)15(22)12-4-8-14(9-5-12)19-21-17/h2-9H,1H2. The van der Waals surface area contributed by atoms with Gasteiger partial charge in [-0.05, 0) is 16.6 Å². The summed E-state index contributed by atoms with van der Waals surface area (Å²) in [6.45, 7) is 3.80. The molecule has 7 nitrogen and oxygen atoms in total. The highest BCUT2D eigenvalue weighted by molar-refractivity contribution is 6.28. The molecule has 2 aromatic carbocycles. The summed E-state index contributed by atoms with van der Waals surface area (Å²) in [6.07, 6.45) is 0. The molecule has 0 amide bonds. The Hall–Kier alpha value is -3.53. The van der Waals surface area contributed by atoms with Crippen LogP contribution in [0.15, 0.2) is 65.3 Å². The van der Waals surface area contributed by atoms with Gasteiger partial charge in [0.2, 0.25) is 0 Å². The minimum atomic E-state index is -0.232. The fourth-order valence-corrected chi connectivity index (χ4v) is 1.82. The molecule has 0 atom stereocenters. The maximum absolute atomic E-state index is 12.3. The lowest BCUT2D eigenvalue weighted by Crippen LogP contribution is -2.01. The molecule has 2 aromatic rings. The Labute approximate surface area is 125 Å². The monoisotopic (exact) mass is 290 g/mol. The lowest BCUT2D eigenvalue weighted by atomic mass is 9.98. The van der Waals surface area contributed by atoms with Crippen molar-refractivity contribution in [3.05, 3.63) is 87.1 Å². The van der Waals surface area contributed by atoms with E-state index >= 15 is 0 Å². The lowest BCUT2D eigenvalue weighted by Gasteiger charge is -2.06. The van der Waals surface area contributed by atoms with Crippen molar-refractivity contribution in [2.75, 3.05) is 0 Å². The van der Waals surface area contributed by atoms with Crippen LogP contribution in [0.5, 0.6) is 0 Å². The number of rotatable bonds is 5. The van der Waals surface area contributed by atoms with Crippen molar-refractivity contribution in [1.29, 1.82) is 0 Å². The van der Waals surface area contributed by atoms with Gasteiger partial charge in [-0.2, -0.15) is 0 Å². The van der Waals surface area contributed by atoms with Crippen LogP contribution in [0.25, 0.3) is 26.5 Å². The van der Waals surface area contributed by atoms with Crippen LogP contribution in [0.4, 0.5) is 11.4 Å². The largest absolute Gasteiger partial charge is 0.289 e. The maximum Gasteiger partial charge on any atom is 0.193 e. The third-order valence-corrected chi connectivity index (χ3v) is 2.94. The van der Waals surface area contributed by atoms with Gasteiger partial charge in [-0.25, -0.2) is 0 Å². The average Bonchev–Trinajstić information content (AvgIpc) is 2.55. The van der Waals surface area contributed by atoms with E-state index in [0.29, 0.717) is 28.1 Å². The van der Waals surface area contributed by atoms with E-state index in [-0.39, 0.29) is 5.78 Å². The second kappa shape index (κ2) is 6.76. The summed E-state index contributed by atoms with van der Waals surface area (Å²) >= 11 is 0. The second-order valence-corrected chi connectivity index (χ2v) is 4.28. The Morgan fingerprint density at radius 1 is 0.818 bits per heavy atom. The summed E-state index contributed by atoms with van der Waals surface area (Å²) in [5.41, 5.74) is 19.0. The number of ketones is 1. The van der Waals surface area contributed by atoms with E-state index in [1.54, 1.807) is 48.5 Å². The van der Waals surface area contributed by atoms with Gasteiger partial charge in [0.05, 0.1) is 0 Å². The van der Waals surface area contributed by atoms with E-state index < -0.39 is 0 Å². The van der Waals surface area contributed by atoms with Gasteiger partial charge in [0, 0.05) is 32.3 Å². The number of benzene rings is 2. The van der Waals surface area contributed by atoms with Crippen molar-refractivity contribution >= 4 is 22.7 Å². The van der Waals surface area contributed by atoms with Crippen LogP contribution < -0.4 is 0 Å². The lowest BCUT2D eigenvalue weighted by molar-refractivity contribution is 0.105. The van der Waals surface area contributed by atoms with Crippen LogP contribution in [-0.2, 0) is 0 Å². The zero-order valence-electron chi connectivity index (χ0n) is 11.4. The molecule has 0 spiro atoms. The SMILES string of the molecule is C=C(C(=O)c1ccc(N=[N+]=[N-])cc1)c1ccc(N=[N+]=[N-])cc1. The van der Waals surface area contributed by atoms with Crippen molar-refractivity contribution in [3.63, 3.8) is 0 Å². The number of Topliss-reactive ketones (excluding diaryl/α,β-unsaturated/α-hetero) is 1. The van der Waals surface area contributed by atoms with Crippen LogP contribution in [0.1, 0.15) is 15.9 Å². The number of allylic oxidation sites excluding steroid dienone is 1. The summed E-state index contributed by atoms with van der Waals surface area (Å²) in [6, 6.07) is 12.8. The van der Waals surface area contributed by atoms with Crippen LogP contribution in [-0.4, -0.2) is 5.78 Å². The topological polar surface area (TPSA) is 115 Å². The van der Waals surface area contributed by atoms with Gasteiger partial charge < -0.3 is 0 Å². The first kappa shape index (κ1) is 14.9. The quantitative estimate of drug-likeness (QED) is 0.235. The highest BCUT2D eigenvalue weighted by Crippen LogP contribution is 2.22. The first-order valence-electron chi connectivity index (χ1n) is 6.20. The molecule has 0 aliphatic rings. The van der Waals surface area contributed by atoms with Gasteiger partial charge in [-0.1, -0.05) is 65.3 Å². The van der Waals surface area contributed by atoms with Crippen molar-refractivity contribution in [1.82, 2.24) is 0 Å². The molecule has 106 valence electrons. The molecule has 0 aliphatic carbocycles. The van der Waals surface area contributed by atoms with Crippen molar-refractivity contribution < 1.29 is 4.79 Å². The van der Waals surface area contributed by atoms with Gasteiger partial charge >= 0.3 is 0 Å². The number of nitrogens with zero attached hydrogens (tertiary/aromatic N) is 6. The average molecular weight is 290 g/mol. The van der Waals surface area contributed by atoms with E-state index in [1.807, 2.05) is 0 Å². The van der Waals surface area contributed by atoms with Gasteiger partial charge in [0.1, 0.15) is 0 Å². The van der Waals surface area contributed by atoms with E-state index in [0.717, 1.165) is 0 Å². The molecular formula is C15H10N6O. The molecule has 0 fully saturated rings. The molecule has 0 bridgehead atoms. The minimum absolute atomic E-state index is 0.232. The predicted octanol–water partition coefficient (Wildman–Crippen LogP) is 5.47. The van der Waals surface area contributed by atoms with Crippen molar-refractivity contribution in [2.45, 2.75) is 0 Å². The summed E-state index contributed by atoms with van der Waals surface area (Å²) in [4.78, 5) is 17.7. The van der Waals surface area contributed by atoms with Gasteiger partial charge in [0.25, 0.3) is 0 Å². The molecule has 2 rings (SSSR count). The summed E-state index contributed by atoms with van der Waals surface area (Å²) in [7, 11) is 0. The smallest absolute Gasteiger partial charge is 0.193 e. The molecule has 0 radical (unpaired) electrons. The van der Waals surface area contributed by atoms with Crippen molar-refractivity contribution in [3.8, 4) is 0 Å². The Kier molecular flexibility index (Phi) is 4.57. The molecule has 0 heterocycles. The number of carbonyl (C=O) groups excluding carboxylic acids is 1. The Bertz CT molecular complexity index is 739. The molecule has 0 saturated carbocycles. The summed E-state index contributed by atoms with van der Waals surface area (Å²) in [5.74, 6) is -0.232. The minimum Gasteiger partial charge on any atom is -0.289 e. The molecule has 22 heavy (non-hydrogen) atoms. The Morgan fingerprint density at radius 3 is 1.64 bits per heavy atom. The Balaban J connectivity index is 2.22. The maximum atomic E-state index is 12.3. The molecule has 7 heteroatoms. The van der Waals surface area contributed by atoms with Crippen LogP contribution in [0, 0.1) is 0 Å². The number of hydrogen-bond acceptors (Lipinski definition) is 3. The number of carbonyl (C=O) groups is 1. The van der Waals surface area contributed by atoms with E-state index in [1.165, 1.54) is 0 Å². The van der Waals surface area contributed by atoms with E-state index in [4.69, 9.17) is 11.1 Å². The van der Waals surface area contributed by atoms with Gasteiger partial charge in [-0.15, -0.1) is 0 Å². The number of azide groups is 2. The van der Waals surface area contributed by atoms with E-state index in [2.05, 4.69) is 26.6 Å². The zero-order chi connectivity index (χ0) is 15.9. The molecule has 0 saturated heterocycles. The fraction of sp³-hybridized carbons (Fsp3) is 0. The highest BCUT2D eigenvalue weighted by atomic mass is 16.1. The molecule has 0 aliphatic heterocycles. The van der Waals surface area contributed by atoms with Crippen LogP contribution in [0.3, 0.4) is 0 Å². The first-order valence-corrected chi connectivity index (χ1v) is 6.20. The van der Waals surface area contributed by atoms with Gasteiger partial charge in [0.15, 0.2) is 5.78 Å². The fourth-order valence-electron chi connectivity index (χ4n) is 1.82. The van der Waals surface area contributed by atoms with E-state index in [9.17, 15) is 4.79 Å². The third-order valence-electron chi connectivity index (χ3n) is 2.94. The van der Waals surface area contributed by atoms with Crippen LogP contribution >= 0.6 is 0 Å². The predicted molar refractivity (Wildman–Crippen MR) is 83.9 cm³/mol. The van der Waals surface area contributed by atoms with Crippen molar-refractivity contribution in [2.24, 2.45) is 10.2 Å². The summed E-state index contributed by atoms with van der Waals surface area (Å²) in [5, 5.41) is 6.91. The van der Waals surface area contributed by atoms with Gasteiger partial charge in [-0.3, -0.25) is 4.79 Å². The second-order valence-electron chi connectivity index (χ2n) is 4.28. The third kappa shape index (κ3) is 3.32. The molecule has 0 N–H and O–H groups in total. The Morgan fingerprint density at radius 2 is 1.23 bits per heavy atom. The normalized spacial score (nSPS) is 9.27. The number of hydrogen-bond donors (Lipinski definition) is 0. The van der Waals surface area contributed by atoms with Crippen LogP contribution in [0.2, 0.25) is 0 Å². The molecule has 0 unspecified atom stereocenters. The molecule has 0 aromatic heterocycles. The summed E-state index contributed by atoms with van der Waals surface area (Å²) < 4.78 is 0. The highest BCUT2D eigenvalue weighted by Gasteiger charge is 2.12. The zero-order valence-corrected chi connectivity index (χ0v) is 11.4. The first-order chi connectivity index (χ1) is 10.7.